The van der Waals surface area contributed by atoms with E-state index in [1.54, 1.807) is 0 Å². The molecule has 0 fully saturated rings. The van der Waals surface area contributed by atoms with Crippen LogP contribution in [0, 0.1) is 0 Å². The van der Waals surface area contributed by atoms with Crippen LogP contribution in [0.2, 0.25) is 0 Å². The zero-order valence-corrected chi connectivity index (χ0v) is 8.26. The molecule has 11 heavy (non-hydrogen) atoms. The fourth-order valence-corrected chi connectivity index (χ4v) is 1.25. The summed E-state index contributed by atoms with van der Waals surface area (Å²) in [5, 5.41) is -0.139. The molecule has 0 saturated heterocycles. The van der Waals surface area contributed by atoms with Crippen molar-refractivity contribution in [3.8, 4) is 0 Å². The van der Waals surface area contributed by atoms with Crippen LogP contribution in [0.3, 0.4) is 0 Å². The van der Waals surface area contributed by atoms with E-state index in [2.05, 4.69) is 22.5 Å². The molecule has 0 heterocycles. The predicted molar refractivity (Wildman–Crippen MR) is 48.5 cm³/mol. The molecule has 0 aliphatic rings. The molecule has 2 nitrogen and oxygen atoms in total. The third-order valence-corrected chi connectivity index (χ3v) is 1.78. The van der Waals surface area contributed by atoms with Crippen LogP contribution in [-0.4, -0.2) is 11.0 Å². The van der Waals surface area contributed by atoms with Gasteiger partial charge in [-0.1, -0.05) is 6.08 Å². The number of unbranched alkanes of at least 4 members (excludes halogenated alkanes) is 1. The highest BCUT2D eigenvalue weighted by Crippen LogP contribution is 2.11. The number of carbonyl (C=O) groups excluding carboxylic acids is 1. The van der Waals surface area contributed by atoms with Gasteiger partial charge < -0.3 is 4.74 Å². The number of carbonyl (C=O) groups is 1. The highest BCUT2D eigenvalue weighted by molar-refractivity contribution is 9.09. The van der Waals surface area contributed by atoms with Gasteiger partial charge in [-0.25, -0.2) is 0 Å². The Labute approximate surface area is 75.7 Å². The second-order valence-electron chi connectivity index (χ2n) is 2.24. The first-order valence-corrected chi connectivity index (χ1v) is 4.50. The standard InChI is InChI=1S/C8H13BrO2/c1-3-4-5-6-8(9)11-7(2)10/h3,8H,1,4-6H2,2H3. The summed E-state index contributed by atoms with van der Waals surface area (Å²) >= 11 is 3.23. The first-order valence-electron chi connectivity index (χ1n) is 3.59. The number of ether oxygens (including phenoxy) is 1. The number of rotatable bonds is 5. The summed E-state index contributed by atoms with van der Waals surface area (Å²) in [4.78, 5) is 10.4. The smallest absolute Gasteiger partial charge is 0.303 e. The predicted octanol–water partition coefficient (Wildman–Crippen LogP) is 2.63. The number of allylic oxidation sites excluding steroid dienone is 1. The molecular formula is C8H13BrO2. The van der Waals surface area contributed by atoms with Crippen molar-refractivity contribution in [3.63, 3.8) is 0 Å². The molecule has 0 aromatic heterocycles. The second kappa shape index (κ2) is 6.40. The minimum Gasteiger partial charge on any atom is -0.451 e. The van der Waals surface area contributed by atoms with Gasteiger partial charge in [0.05, 0.1) is 0 Å². The zero-order valence-electron chi connectivity index (χ0n) is 6.68. The van der Waals surface area contributed by atoms with Crippen LogP contribution < -0.4 is 0 Å². The van der Waals surface area contributed by atoms with Gasteiger partial charge in [0.25, 0.3) is 0 Å². The Bertz CT molecular complexity index is 134. The topological polar surface area (TPSA) is 26.3 Å². The molecule has 1 atom stereocenters. The third-order valence-electron chi connectivity index (χ3n) is 1.13. The molecule has 0 N–H and O–H groups in total. The minimum absolute atomic E-state index is 0.139. The van der Waals surface area contributed by atoms with Gasteiger partial charge in [0.15, 0.2) is 5.01 Å². The van der Waals surface area contributed by atoms with E-state index in [1.165, 1.54) is 6.92 Å². The molecule has 0 radical (unpaired) electrons. The summed E-state index contributed by atoms with van der Waals surface area (Å²) in [5.74, 6) is -0.245. The third kappa shape index (κ3) is 7.59. The Morgan fingerprint density at radius 1 is 1.82 bits per heavy atom. The number of esters is 1. The maximum atomic E-state index is 10.4. The fourth-order valence-electron chi connectivity index (χ4n) is 0.662. The molecule has 0 aromatic rings. The first-order chi connectivity index (χ1) is 5.16. The van der Waals surface area contributed by atoms with Gasteiger partial charge in [0.1, 0.15) is 0 Å². The van der Waals surface area contributed by atoms with Crippen molar-refractivity contribution in [1.82, 2.24) is 0 Å². The van der Waals surface area contributed by atoms with Gasteiger partial charge in [-0.05, 0) is 35.2 Å². The Morgan fingerprint density at radius 3 is 2.91 bits per heavy atom. The van der Waals surface area contributed by atoms with Gasteiger partial charge in [-0.2, -0.15) is 0 Å². The van der Waals surface area contributed by atoms with Crippen molar-refractivity contribution in [1.29, 1.82) is 0 Å². The van der Waals surface area contributed by atoms with E-state index in [9.17, 15) is 4.79 Å². The molecule has 1 unspecified atom stereocenters. The van der Waals surface area contributed by atoms with Crippen LogP contribution in [0.4, 0.5) is 0 Å². The van der Waals surface area contributed by atoms with E-state index in [-0.39, 0.29) is 11.0 Å². The number of halogens is 1. The van der Waals surface area contributed by atoms with Crippen LogP contribution in [0.15, 0.2) is 12.7 Å². The SMILES string of the molecule is C=CCCCC(Br)OC(C)=O. The molecule has 0 aliphatic heterocycles. The van der Waals surface area contributed by atoms with Crippen LogP contribution in [0.5, 0.6) is 0 Å². The number of hydrogen-bond acceptors (Lipinski definition) is 2. The molecule has 0 aromatic carbocycles. The lowest BCUT2D eigenvalue weighted by molar-refractivity contribution is -0.142. The highest BCUT2D eigenvalue weighted by atomic mass is 79.9. The average Bonchev–Trinajstić information content (AvgIpc) is 1.86. The largest absolute Gasteiger partial charge is 0.451 e. The second-order valence-corrected chi connectivity index (χ2v) is 3.26. The Morgan fingerprint density at radius 2 is 2.45 bits per heavy atom. The molecule has 0 saturated carbocycles. The molecule has 0 amide bonds. The summed E-state index contributed by atoms with van der Waals surface area (Å²) in [6.45, 7) is 5.00. The van der Waals surface area contributed by atoms with Crippen LogP contribution in [0.1, 0.15) is 26.2 Å². The average molecular weight is 221 g/mol. The summed E-state index contributed by atoms with van der Waals surface area (Å²) in [5.41, 5.74) is 0. The Kier molecular flexibility index (Phi) is 6.22. The maximum absolute atomic E-state index is 10.4. The molecule has 0 spiro atoms. The normalized spacial score (nSPS) is 12.2. The molecule has 0 rings (SSSR count). The quantitative estimate of drug-likeness (QED) is 0.308. The van der Waals surface area contributed by atoms with E-state index in [0.717, 1.165) is 19.3 Å². The van der Waals surface area contributed by atoms with Crippen molar-refractivity contribution < 1.29 is 9.53 Å². The lowest BCUT2D eigenvalue weighted by Crippen LogP contribution is -2.08. The van der Waals surface area contributed by atoms with Gasteiger partial charge >= 0.3 is 5.97 Å². The van der Waals surface area contributed by atoms with Gasteiger partial charge in [0, 0.05) is 6.92 Å². The Balaban J connectivity index is 3.28. The first kappa shape index (κ1) is 10.7. The number of alkyl halides is 1. The van der Waals surface area contributed by atoms with E-state index >= 15 is 0 Å². The number of hydrogen-bond donors (Lipinski definition) is 0. The monoisotopic (exact) mass is 220 g/mol. The Hall–Kier alpha value is -0.310. The van der Waals surface area contributed by atoms with Crippen molar-refractivity contribution in [3.05, 3.63) is 12.7 Å². The maximum Gasteiger partial charge on any atom is 0.303 e. The van der Waals surface area contributed by atoms with Crippen molar-refractivity contribution >= 4 is 21.9 Å². The van der Waals surface area contributed by atoms with Crippen molar-refractivity contribution in [2.75, 3.05) is 0 Å². The molecule has 64 valence electrons. The summed E-state index contributed by atoms with van der Waals surface area (Å²) in [6.07, 6.45) is 4.65. The van der Waals surface area contributed by atoms with E-state index in [0.29, 0.717) is 0 Å². The summed E-state index contributed by atoms with van der Waals surface area (Å²) in [6, 6.07) is 0. The van der Waals surface area contributed by atoms with Crippen LogP contribution in [0.25, 0.3) is 0 Å². The summed E-state index contributed by atoms with van der Waals surface area (Å²) < 4.78 is 4.84. The van der Waals surface area contributed by atoms with Gasteiger partial charge in [-0.15, -0.1) is 6.58 Å². The van der Waals surface area contributed by atoms with Crippen LogP contribution in [-0.2, 0) is 9.53 Å². The lowest BCUT2D eigenvalue weighted by Gasteiger charge is -2.08. The fraction of sp³-hybridized carbons (Fsp3) is 0.625. The highest BCUT2D eigenvalue weighted by Gasteiger charge is 2.04. The van der Waals surface area contributed by atoms with E-state index in [1.807, 2.05) is 6.08 Å². The summed E-state index contributed by atoms with van der Waals surface area (Å²) in [7, 11) is 0. The van der Waals surface area contributed by atoms with E-state index in [4.69, 9.17) is 4.74 Å². The molecule has 0 aliphatic carbocycles. The van der Waals surface area contributed by atoms with Gasteiger partial charge in [-0.3, -0.25) is 4.79 Å². The van der Waals surface area contributed by atoms with E-state index < -0.39 is 0 Å². The zero-order chi connectivity index (χ0) is 8.69. The van der Waals surface area contributed by atoms with Crippen molar-refractivity contribution in [2.45, 2.75) is 31.2 Å². The minimum atomic E-state index is -0.245. The van der Waals surface area contributed by atoms with Crippen LogP contribution >= 0.6 is 15.9 Å². The molecule has 3 heteroatoms. The van der Waals surface area contributed by atoms with Gasteiger partial charge in [0.2, 0.25) is 0 Å². The van der Waals surface area contributed by atoms with Crippen molar-refractivity contribution in [2.24, 2.45) is 0 Å². The molecular weight excluding hydrogens is 208 g/mol. The molecule has 0 bridgehead atoms. The lowest BCUT2D eigenvalue weighted by atomic mass is 10.2.